The van der Waals surface area contributed by atoms with E-state index in [1.54, 1.807) is 11.3 Å². The second-order valence-electron chi connectivity index (χ2n) is 5.08. The van der Waals surface area contributed by atoms with Crippen LogP contribution in [0, 0.1) is 11.8 Å². The van der Waals surface area contributed by atoms with Crippen LogP contribution in [0.15, 0.2) is 36.5 Å². The van der Waals surface area contributed by atoms with Crippen molar-refractivity contribution in [2.45, 2.75) is 25.8 Å². The number of thiazole rings is 1. The lowest BCUT2D eigenvalue weighted by molar-refractivity contribution is 0.222. The van der Waals surface area contributed by atoms with Crippen molar-refractivity contribution < 1.29 is 0 Å². The van der Waals surface area contributed by atoms with Gasteiger partial charge >= 0.3 is 0 Å². The first kappa shape index (κ1) is 13.4. The second kappa shape index (κ2) is 6.69. The summed E-state index contributed by atoms with van der Waals surface area (Å²) in [7, 11) is 0. The zero-order valence-electron chi connectivity index (χ0n) is 11.5. The Kier molecular flexibility index (Phi) is 4.47. The third-order valence-corrected chi connectivity index (χ3v) is 4.37. The average molecular weight is 282 g/mol. The lowest BCUT2D eigenvalue weighted by Gasteiger charge is -2.25. The van der Waals surface area contributed by atoms with Crippen LogP contribution < -0.4 is 0 Å². The highest BCUT2D eigenvalue weighted by atomic mass is 32.1. The van der Waals surface area contributed by atoms with E-state index in [0.717, 1.165) is 17.1 Å². The fraction of sp³-hybridized carbons (Fsp3) is 0.353. The van der Waals surface area contributed by atoms with Crippen molar-refractivity contribution in [3.63, 3.8) is 0 Å². The maximum absolute atomic E-state index is 4.41. The predicted octanol–water partition coefficient (Wildman–Crippen LogP) is 3.53. The van der Waals surface area contributed by atoms with E-state index in [1.165, 1.54) is 37.2 Å². The van der Waals surface area contributed by atoms with Gasteiger partial charge in [0.15, 0.2) is 5.01 Å². The molecule has 1 saturated heterocycles. The van der Waals surface area contributed by atoms with Crippen molar-refractivity contribution in [3.05, 3.63) is 52.0 Å². The van der Waals surface area contributed by atoms with Gasteiger partial charge in [-0.3, -0.25) is 4.90 Å². The molecule has 0 atom stereocenters. The second-order valence-corrected chi connectivity index (χ2v) is 6.20. The number of rotatable bonds is 2. The summed E-state index contributed by atoms with van der Waals surface area (Å²) in [6, 6.07) is 10.1. The lowest BCUT2D eigenvalue weighted by atomic mass is 10.1. The minimum Gasteiger partial charge on any atom is -0.298 e. The van der Waals surface area contributed by atoms with Crippen molar-refractivity contribution in [2.24, 2.45) is 0 Å². The average Bonchev–Trinajstić information content (AvgIpc) is 2.95. The van der Waals surface area contributed by atoms with Gasteiger partial charge < -0.3 is 0 Å². The Labute approximate surface area is 124 Å². The maximum atomic E-state index is 4.41. The highest BCUT2D eigenvalue weighted by molar-refractivity contribution is 7.12. The van der Waals surface area contributed by atoms with Gasteiger partial charge in [0.05, 0.1) is 0 Å². The molecule has 2 aromatic rings. The molecule has 1 aromatic heterocycles. The maximum Gasteiger partial charge on any atom is 0.167 e. The first-order chi connectivity index (χ1) is 9.90. The first-order valence-corrected chi connectivity index (χ1v) is 7.96. The van der Waals surface area contributed by atoms with E-state index in [9.17, 15) is 0 Å². The Morgan fingerprint density at radius 1 is 1.05 bits per heavy atom. The number of benzene rings is 1. The van der Waals surface area contributed by atoms with Crippen LogP contribution in [0.5, 0.6) is 0 Å². The van der Waals surface area contributed by atoms with E-state index in [1.807, 2.05) is 36.5 Å². The Bertz CT molecular complexity index is 601. The molecule has 0 saturated carbocycles. The Balaban J connectivity index is 1.63. The Morgan fingerprint density at radius 2 is 1.85 bits per heavy atom. The van der Waals surface area contributed by atoms with Gasteiger partial charge in [-0.25, -0.2) is 4.98 Å². The van der Waals surface area contributed by atoms with Crippen molar-refractivity contribution in [2.75, 3.05) is 13.1 Å². The summed E-state index contributed by atoms with van der Waals surface area (Å²) in [5, 5.41) is 0.917. The van der Waals surface area contributed by atoms with Gasteiger partial charge in [-0.2, -0.15) is 0 Å². The smallest absolute Gasteiger partial charge is 0.167 e. The summed E-state index contributed by atoms with van der Waals surface area (Å²) in [5.74, 6) is 6.32. The number of hydrogen-bond donors (Lipinski definition) is 0. The minimum absolute atomic E-state index is 0.917. The lowest BCUT2D eigenvalue weighted by Crippen LogP contribution is -2.28. The molecule has 0 spiro atoms. The zero-order chi connectivity index (χ0) is 13.6. The van der Waals surface area contributed by atoms with E-state index in [4.69, 9.17) is 0 Å². The first-order valence-electron chi connectivity index (χ1n) is 7.14. The van der Waals surface area contributed by atoms with E-state index >= 15 is 0 Å². The van der Waals surface area contributed by atoms with Gasteiger partial charge in [-0.05, 0) is 44.0 Å². The SMILES string of the molecule is C(#Cc1ncc(CN2CCCCC2)s1)c1ccccc1. The van der Waals surface area contributed by atoms with Gasteiger partial charge in [-0.15, -0.1) is 11.3 Å². The number of aromatic nitrogens is 1. The van der Waals surface area contributed by atoms with Crippen LogP contribution >= 0.6 is 11.3 Å². The standard InChI is InChI=1S/C17H18N2S/c1-3-7-15(8-4-1)9-10-17-18-13-16(20-17)14-19-11-5-2-6-12-19/h1,3-4,7-8,13H,2,5-6,11-12,14H2. The van der Waals surface area contributed by atoms with Crippen LogP contribution in [0.4, 0.5) is 0 Å². The molecule has 0 N–H and O–H groups in total. The molecule has 2 nitrogen and oxygen atoms in total. The fourth-order valence-electron chi connectivity index (χ4n) is 2.42. The number of hydrogen-bond acceptors (Lipinski definition) is 3. The molecule has 0 amide bonds. The molecule has 20 heavy (non-hydrogen) atoms. The number of piperidine rings is 1. The Hall–Kier alpha value is -1.63. The van der Waals surface area contributed by atoms with E-state index < -0.39 is 0 Å². The largest absolute Gasteiger partial charge is 0.298 e. The monoisotopic (exact) mass is 282 g/mol. The number of nitrogens with zero attached hydrogens (tertiary/aromatic N) is 2. The minimum atomic E-state index is 0.917. The van der Waals surface area contributed by atoms with Crippen LogP contribution in [0.2, 0.25) is 0 Å². The molecule has 0 aliphatic carbocycles. The molecule has 1 aromatic carbocycles. The van der Waals surface area contributed by atoms with Crippen molar-refractivity contribution in [1.82, 2.24) is 9.88 Å². The van der Waals surface area contributed by atoms with Crippen LogP contribution in [-0.2, 0) is 6.54 Å². The van der Waals surface area contributed by atoms with Crippen molar-refractivity contribution >= 4 is 11.3 Å². The molecule has 3 heteroatoms. The topological polar surface area (TPSA) is 16.1 Å². The van der Waals surface area contributed by atoms with Crippen molar-refractivity contribution in [1.29, 1.82) is 0 Å². The third-order valence-electron chi connectivity index (χ3n) is 3.47. The summed E-state index contributed by atoms with van der Waals surface area (Å²) in [5.41, 5.74) is 1.04. The van der Waals surface area contributed by atoms with E-state index in [-0.39, 0.29) is 0 Å². The molecule has 1 aliphatic rings. The molecular formula is C17H18N2S. The third kappa shape index (κ3) is 3.69. The summed E-state index contributed by atoms with van der Waals surface area (Å²) >= 11 is 1.72. The molecule has 0 radical (unpaired) electrons. The summed E-state index contributed by atoms with van der Waals surface area (Å²) < 4.78 is 0. The highest BCUT2D eigenvalue weighted by Gasteiger charge is 2.11. The summed E-state index contributed by atoms with van der Waals surface area (Å²) in [6.45, 7) is 3.48. The van der Waals surface area contributed by atoms with Gasteiger partial charge in [-0.1, -0.05) is 30.5 Å². The Morgan fingerprint density at radius 3 is 2.65 bits per heavy atom. The highest BCUT2D eigenvalue weighted by Crippen LogP contribution is 2.17. The summed E-state index contributed by atoms with van der Waals surface area (Å²) in [6.07, 6.45) is 6.03. The van der Waals surface area contributed by atoms with Crippen LogP contribution in [0.25, 0.3) is 0 Å². The van der Waals surface area contributed by atoms with Crippen LogP contribution in [0.3, 0.4) is 0 Å². The molecule has 102 valence electrons. The van der Waals surface area contributed by atoms with Crippen molar-refractivity contribution in [3.8, 4) is 11.8 Å². The molecule has 1 aliphatic heterocycles. The van der Waals surface area contributed by atoms with Gasteiger partial charge in [0, 0.05) is 23.2 Å². The van der Waals surface area contributed by atoms with E-state index in [2.05, 4.69) is 21.7 Å². The van der Waals surface area contributed by atoms with Gasteiger partial charge in [0.2, 0.25) is 0 Å². The van der Waals surface area contributed by atoms with Crippen LogP contribution in [0.1, 0.15) is 34.7 Å². The van der Waals surface area contributed by atoms with Gasteiger partial charge in [0.1, 0.15) is 0 Å². The molecule has 3 rings (SSSR count). The van der Waals surface area contributed by atoms with Crippen LogP contribution in [-0.4, -0.2) is 23.0 Å². The number of likely N-dealkylation sites (tertiary alicyclic amines) is 1. The summed E-state index contributed by atoms with van der Waals surface area (Å²) in [4.78, 5) is 8.26. The molecule has 0 unspecified atom stereocenters. The molecule has 2 heterocycles. The van der Waals surface area contributed by atoms with Gasteiger partial charge in [0.25, 0.3) is 0 Å². The normalized spacial score (nSPS) is 15.6. The zero-order valence-corrected chi connectivity index (χ0v) is 12.3. The molecule has 0 bridgehead atoms. The van der Waals surface area contributed by atoms with E-state index in [0.29, 0.717) is 0 Å². The fourth-order valence-corrected chi connectivity index (χ4v) is 3.23. The predicted molar refractivity (Wildman–Crippen MR) is 83.7 cm³/mol. The molecular weight excluding hydrogens is 264 g/mol. The molecule has 1 fully saturated rings. The quantitative estimate of drug-likeness (QED) is 0.783.